The van der Waals surface area contributed by atoms with Crippen LogP contribution in [0.25, 0.3) is 0 Å². The molecule has 0 amide bonds. The number of carbonyl (C=O) groups excluding carboxylic acids is 1. The first-order valence-corrected chi connectivity index (χ1v) is 7.50. The lowest BCUT2D eigenvalue weighted by Crippen LogP contribution is -2.59. The summed E-state index contributed by atoms with van der Waals surface area (Å²) in [6.07, 6.45) is -2.29. The summed E-state index contributed by atoms with van der Waals surface area (Å²) >= 11 is 0. The highest BCUT2D eigenvalue weighted by molar-refractivity contribution is 5.90. The Morgan fingerprint density at radius 2 is 2.12 bits per heavy atom. The molecular weight excluding hydrogens is 324 g/mol. The zero-order chi connectivity index (χ0) is 17.3. The number of cyclic esters (lactones) is 1. The molecule has 9 heteroatoms. The summed E-state index contributed by atoms with van der Waals surface area (Å²) in [5.41, 5.74) is -2.39. The molecule has 0 saturated carbocycles. The number of aromatic hydroxyl groups is 1. The SMILES string of the molecule is O=C1OC([C@@H](O)CO)[C@@]2(O)Oc3cc(O)c4c(c3[C@@]12O)OCCC4. The van der Waals surface area contributed by atoms with Gasteiger partial charge >= 0.3 is 5.97 Å². The smallest absolute Gasteiger partial charge is 0.351 e. The van der Waals surface area contributed by atoms with Gasteiger partial charge in [-0.3, -0.25) is 0 Å². The maximum Gasteiger partial charge on any atom is 0.351 e. The van der Waals surface area contributed by atoms with E-state index in [9.17, 15) is 25.2 Å². The Bertz CT molecular complexity index is 732. The van der Waals surface area contributed by atoms with E-state index < -0.39 is 36.2 Å². The van der Waals surface area contributed by atoms with Crippen molar-refractivity contribution >= 4 is 5.97 Å². The van der Waals surface area contributed by atoms with E-state index in [0.29, 0.717) is 25.0 Å². The fraction of sp³-hybridized carbons (Fsp3) is 0.533. The summed E-state index contributed by atoms with van der Waals surface area (Å²) in [4.78, 5) is 12.3. The van der Waals surface area contributed by atoms with E-state index in [-0.39, 0.29) is 22.8 Å². The third-order valence-electron chi connectivity index (χ3n) is 4.74. The van der Waals surface area contributed by atoms with Crippen LogP contribution >= 0.6 is 0 Å². The quantitative estimate of drug-likeness (QED) is 0.396. The summed E-state index contributed by atoms with van der Waals surface area (Å²) in [5, 5.41) is 50.8. The van der Waals surface area contributed by atoms with E-state index in [0.717, 1.165) is 0 Å². The second-order valence-corrected chi connectivity index (χ2v) is 6.11. The summed E-state index contributed by atoms with van der Waals surface area (Å²) in [6.45, 7) is -0.523. The first-order chi connectivity index (χ1) is 11.3. The molecular formula is C15H16O9. The largest absolute Gasteiger partial charge is 0.507 e. The first kappa shape index (κ1) is 15.5. The van der Waals surface area contributed by atoms with Crippen molar-refractivity contribution in [1.29, 1.82) is 0 Å². The topological polar surface area (TPSA) is 146 Å². The number of phenols is 1. The lowest BCUT2D eigenvalue weighted by atomic mass is 9.83. The van der Waals surface area contributed by atoms with Gasteiger partial charge in [0.1, 0.15) is 23.4 Å². The van der Waals surface area contributed by atoms with Gasteiger partial charge < -0.3 is 39.7 Å². The van der Waals surface area contributed by atoms with Gasteiger partial charge in [-0.05, 0) is 12.8 Å². The highest BCUT2D eigenvalue weighted by Crippen LogP contribution is 2.59. The monoisotopic (exact) mass is 340 g/mol. The van der Waals surface area contributed by atoms with E-state index in [1.807, 2.05) is 0 Å². The van der Waals surface area contributed by atoms with Crippen molar-refractivity contribution in [3.05, 3.63) is 17.2 Å². The molecule has 4 atom stereocenters. The Labute approximate surface area is 135 Å². The molecule has 3 heterocycles. The van der Waals surface area contributed by atoms with Gasteiger partial charge in [0.2, 0.25) is 0 Å². The van der Waals surface area contributed by atoms with Crippen molar-refractivity contribution in [1.82, 2.24) is 0 Å². The highest BCUT2D eigenvalue weighted by atomic mass is 16.7. The van der Waals surface area contributed by atoms with Crippen molar-refractivity contribution in [3.8, 4) is 17.2 Å². The van der Waals surface area contributed by atoms with Crippen molar-refractivity contribution < 1.29 is 44.5 Å². The lowest BCUT2D eigenvalue weighted by Gasteiger charge is -2.31. The Kier molecular flexibility index (Phi) is 3.05. The lowest BCUT2D eigenvalue weighted by molar-refractivity contribution is -0.251. The summed E-state index contributed by atoms with van der Waals surface area (Å²) < 4.78 is 15.7. The number of aliphatic hydroxyl groups excluding tert-OH is 2. The molecule has 0 aliphatic carbocycles. The van der Waals surface area contributed by atoms with Gasteiger partial charge in [0.05, 0.1) is 18.8 Å². The fourth-order valence-corrected chi connectivity index (χ4v) is 3.56. The molecule has 0 bridgehead atoms. The van der Waals surface area contributed by atoms with Crippen LogP contribution in [0.2, 0.25) is 0 Å². The Morgan fingerprint density at radius 3 is 2.83 bits per heavy atom. The summed E-state index contributed by atoms with van der Waals surface area (Å²) in [6, 6.07) is 1.17. The molecule has 3 aliphatic heterocycles. The number of rotatable bonds is 2. The molecule has 1 aromatic carbocycles. The van der Waals surface area contributed by atoms with Crippen molar-refractivity contribution in [2.75, 3.05) is 13.2 Å². The number of ether oxygens (including phenoxy) is 3. The van der Waals surface area contributed by atoms with Gasteiger partial charge in [0.25, 0.3) is 11.4 Å². The van der Waals surface area contributed by atoms with Gasteiger partial charge in [0, 0.05) is 11.6 Å². The number of phenolic OH excluding ortho intramolecular Hbond substituents is 1. The average Bonchev–Trinajstić information content (AvgIpc) is 2.91. The van der Waals surface area contributed by atoms with Crippen LogP contribution in [0, 0.1) is 0 Å². The molecule has 0 spiro atoms. The average molecular weight is 340 g/mol. The number of carbonyl (C=O) groups is 1. The molecule has 4 rings (SSSR count). The number of aliphatic hydroxyl groups is 4. The van der Waals surface area contributed by atoms with Crippen LogP contribution in [0.5, 0.6) is 17.2 Å². The van der Waals surface area contributed by atoms with E-state index in [4.69, 9.17) is 19.3 Å². The van der Waals surface area contributed by atoms with Gasteiger partial charge in [-0.1, -0.05) is 0 Å². The number of esters is 1. The predicted molar refractivity (Wildman–Crippen MR) is 74.4 cm³/mol. The van der Waals surface area contributed by atoms with Gasteiger partial charge in [-0.15, -0.1) is 0 Å². The molecule has 1 unspecified atom stereocenters. The van der Waals surface area contributed by atoms with Gasteiger partial charge in [-0.25, -0.2) is 4.79 Å². The Morgan fingerprint density at radius 1 is 1.38 bits per heavy atom. The maximum absolute atomic E-state index is 12.3. The zero-order valence-electron chi connectivity index (χ0n) is 12.4. The third kappa shape index (κ3) is 1.59. The van der Waals surface area contributed by atoms with E-state index in [1.54, 1.807) is 0 Å². The van der Waals surface area contributed by atoms with Crippen molar-refractivity contribution in [2.24, 2.45) is 0 Å². The third-order valence-corrected chi connectivity index (χ3v) is 4.74. The van der Waals surface area contributed by atoms with Crippen LogP contribution in [0.4, 0.5) is 0 Å². The normalized spacial score (nSPS) is 34.5. The molecule has 1 fully saturated rings. The molecule has 5 N–H and O–H groups in total. The van der Waals surface area contributed by atoms with Crippen molar-refractivity contribution in [2.45, 2.75) is 36.4 Å². The molecule has 24 heavy (non-hydrogen) atoms. The van der Waals surface area contributed by atoms with Crippen LogP contribution in [-0.4, -0.2) is 62.7 Å². The van der Waals surface area contributed by atoms with E-state index in [1.165, 1.54) is 6.07 Å². The molecule has 0 radical (unpaired) electrons. The number of hydrogen-bond donors (Lipinski definition) is 5. The number of fused-ring (bicyclic) bond motifs is 5. The van der Waals surface area contributed by atoms with E-state index in [2.05, 4.69) is 0 Å². The highest BCUT2D eigenvalue weighted by Gasteiger charge is 2.77. The summed E-state index contributed by atoms with van der Waals surface area (Å²) in [5.74, 6) is -4.13. The van der Waals surface area contributed by atoms with Crippen LogP contribution in [0.15, 0.2) is 6.07 Å². The van der Waals surface area contributed by atoms with Crippen LogP contribution in [0.3, 0.4) is 0 Å². The molecule has 9 nitrogen and oxygen atoms in total. The summed E-state index contributed by atoms with van der Waals surface area (Å²) in [7, 11) is 0. The van der Waals surface area contributed by atoms with Gasteiger partial charge in [-0.2, -0.15) is 0 Å². The second kappa shape index (κ2) is 4.73. The zero-order valence-corrected chi connectivity index (χ0v) is 12.4. The van der Waals surface area contributed by atoms with Crippen LogP contribution < -0.4 is 9.47 Å². The molecule has 3 aliphatic rings. The number of hydrogen-bond acceptors (Lipinski definition) is 9. The molecule has 130 valence electrons. The van der Waals surface area contributed by atoms with Crippen LogP contribution in [0.1, 0.15) is 17.5 Å². The fourth-order valence-electron chi connectivity index (χ4n) is 3.56. The first-order valence-electron chi connectivity index (χ1n) is 7.50. The Hall–Kier alpha value is -2.07. The number of benzene rings is 1. The minimum absolute atomic E-state index is 0.0609. The van der Waals surface area contributed by atoms with E-state index >= 15 is 0 Å². The minimum Gasteiger partial charge on any atom is -0.507 e. The van der Waals surface area contributed by atoms with Crippen LogP contribution in [-0.2, 0) is 21.6 Å². The second-order valence-electron chi connectivity index (χ2n) is 6.11. The van der Waals surface area contributed by atoms with Gasteiger partial charge in [0.15, 0.2) is 6.10 Å². The maximum atomic E-state index is 12.3. The minimum atomic E-state index is -2.66. The molecule has 0 aromatic heterocycles. The predicted octanol–water partition coefficient (Wildman–Crippen LogP) is -1.74. The molecule has 1 aromatic rings. The Balaban J connectivity index is 1.94. The molecule has 1 saturated heterocycles. The standard InChI is InChI=1S/C15H16O9/c16-5-8(18)12-15(21)14(20,13(19)23-12)10-9(24-15)4-7(17)6-2-1-3-22-11(6)10/h4,8,12,16-18,20-21H,1-3,5H2/t8-,12?,14+,15+/m0/s1. The van der Waals surface area contributed by atoms with Crippen molar-refractivity contribution in [3.63, 3.8) is 0 Å².